The van der Waals surface area contributed by atoms with E-state index in [1.807, 2.05) is 0 Å². The highest BCUT2D eigenvalue weighted by Gasteiger charge is 2.22. The summed E-state index contributed by atoms with van der Waals surface area (Å²) in [5.41, 5.74) is 2.16. The fourth-order valence-corrected chi connectivity index (χ4v) is 2.37. The molecule has 0 saturated heterocycles. The summed E-state index contributed by atoms with van der Waals surface area (Å²) in [5.74, 6) is -0.841. The summed E-state index contributed by atoms with van der Waals surface area (Å²) in [6, 6.07) is 11.4. The van der Waals surface area contributed by atoms with Crippen LogP contribution in [-0.2, 0) is 11.9 Å². The zero-order valence-corrected chi connectivity index (χ0v) is 13.6. The Bertz CT molecular complexity index is 692. The molecule has 1 N–H and O–H groups in total. The van der Waals surface area contributed by atoms with Gasteiger partial charge in [-0.15, -0.1) is 0 Å². The van der Waals surface area contributed by atoms with Gasteiger partial charge < -0.3 is 9.84 Å². The van der Waals surface area contributed by atoms with E-state index in [4.69, 9.17) is 9.84 Å². The summed E-state index contributed by atoms with van der Waals surface area (Å²) in [5, 5.41) is 9.63. The van der Waals surface area contributed by atoms with Crippen molar-refractivity contribution in [3.63, 3.8) is 0 Å². The second-order valence-electron chi connectivity index (χ2n) is 4.68. The molecule has 0 aliphatic rings. The molecular weight excluding hydrogens is 348 g/mol. The number of ketones is 2. The molecule has 0 spiro atoms. The van der Waals surface area contributed by atoms with Crippen LogP contribution < -0.4 is 4.74 Å². The zero-order valence-electron chi connectivity index (χ0n) is 12.0. The lowest BCUT2D eigenvalue weighted by Gasteiger charge is -2.09. The van der Waals surface area contributed by atoms with Crippen molar-refractivity contribution in [2.24, 2.45) is 0 Å². The first kappa shape index (κ1) is 16.4. The third kappa shape index (κ3) is 3.43. The molecule has 0 heterocycles. The molecule has 4 nitrogen and oxygen atoms in total. The Kier molecular flexibility index (Phi) is 5.46. The first-order valence-electron chi connectivity index (χ1n) is 6.62. The van der Waals surface area contributed by atoms with Crippen LogP contribution in [0.4, 0.5) is 0 Å². The van der Waals surface area contributed by atoms with Gasteiger partial charge in [0.25, 0.3) is 0 Å². The van der Waals surface area contributed by atoms with E-state index in [1.165, 1.54) is 19.2 Å². The Morgan fingerprint density at radius 3 is 2.23 bits per heavy atom. The van der Waals surface area contributed by atoms with Crippen molar-refractivity contribution in [2.45, 2.75) is 11.9 Å². The van der Waals surface area contributed by atoms with Crippen LogP contribution in [0.1, 0.15) is 31.8 Å². The molecule has 0 radical (unpaired) electrons. The Labute approximate surface area is 136 Å². The van der Waals surface area contributed by atoms with Crippen LogP contribution in [0.25, 0.3) is 0 Å². The lowest BCUT2D eigenvalue weighted by molar-refractivity contribution is 0.0815. The number of benzene rings is 2. The molecule has 22 heavy (non-hydrogen) atoms. The van der Waals surface area contributed by atoms with Gasteiger partial charge in [0.05, 0.1) is 19.3 Å². The standard InChI is InChI=1S/C17H15BrO4/c1-22-15-8-12(9-18)4-7-14(15)17(21)16(20)13-5-2-11(10-19)3-6-13/h2-8,19H,9-10H2,1H3. The largest absolute Gasteiger partial charge is 0.496 e. The maximum atomic E-state index is 12.4. The summed E-state index contributed by atoms with van der Waals surface area (Å²) in [4.78, 5) is 24.7. The molecule has 0 bridgehead atoms. The summed E-state index contributed by atoms with van der Waals surface area (Å²) >= 11 is 3.33. The number of halogens is 1. The van der Waals surface area contributed by atoms with E-state index >= 15 is 0 Å². The summed E-state index contributed by atoms with van der Waals surface area (Å²) in [6.45, 7) is -0.107. The van der Waals surface area contributed by atoms with Gasteiger partial charge >= 0.3 is 0 Å². The number of aliphatic hydroxyl groups is 1. The van der Waals surface area contributed by atoms with Gasteiger partial charge in [-0.2, -0.15) is 0 Å². The minimum atomic E-state index is -0.616. The van der Waals surface area contributed by atoms with E-state index in [0.29, 0.717) is 16.6 Å². The van der Waals surface area contributed by atoms with Crippen molar-refractivity contribution in [3.05, 3.63) is 64.7 Å². The highest BCUT2D eigenvalue weighted by Crippen LogP contribution is 2.23. The number of Topliss-reactive ketones (excluding diaryl/α,β-unsaturated/α-hetero) is 2. The normalized spacial score (nSPS) is 10.3. The minimum absolute atomic E-state index is 0.107. The van der Waals surface area contributed by atoms with Crippen LogP contribution in [0.5, 0.6) is 5.75 Å². The van der Waals surface area contributed by atoms with Gasteiger partial charge in [0.1, 0.15) is 5.75 Å². The summed E-state index contributed by atoms with van der Waals surface area (Å²) in [6.07, 6.45) is 0. The molecule has 0 aliphatic carbocycles. The Morgan fingerprint density at radius 2 is 1.68 bits per heavy atom. The van der Waals surface area contributed by atoms with Crippen LogP contribution >= 0.6 is 15.9 Å². The fourth-order valence-electron chi connectivity index (χ4n) is 2.02. The van der Waals surface area contributed by atoms with Crippen molar-refractivity contribution >= 4 is 27.5 Å². The second-order valence-corrected chi connectivity index (χ2v) is 5.24. The van der Waals surface area contributed by atoms with Gasteiger partial charge in [-0.25, -0.2) is 0 Å². The molecule has 0 saturated carbocycles. The van der Waals surface area contributed by atoms with Gasteiger partial charge in [0.15, 0.2) is 0 Å². The maximum absolute atomic E-state index is 12.4. The van der Waals surface area contributed by atoms with E-state index < -0.39 is 11.6 Å². The Hall–Kier alpha value is -1.98. The van der Waals surface area contributed by atoms with Gasteiger partial charge in [-0.3, -0.25) is 9.59 Å². The molecular formula is C17H15BrO4. The number of carbonyl (C=O) groups is 2. The average Bonchev–Trinajstić information content (AvgIpc) is 2.59. The quantitative estimate of drug-likeness (QED) is 0.487. The Morgan fingerprint density at radius 1 is 1.05 bits per heavy atom. The van der Waals surface area contributed by atoms with Gasteiger partial charge in [0.2, 0.25) is 11.6 Å². The SMILES string of the molecule is COc1cc(CBr)ccc1C(=O)C(=O)c1ccc(CO)cc1. The number of ether oxygens (including phenoxy) is 1. The highest BCUT2D eigenvalue weighted by atomic mass is 79.9. The molecule has 0 fully saturated rings. The average molecular weight is 363 g/mol. The predicted molar refractivity (Wildman–Crippen MR) is 86.7 cm³/mol. The second kappa shape index (κ2) is 7.33. The van der Waals surface area contributed by atoms with Gasteiger partial charge in [-0.1, -0.05) is 46.3 Å². The van der Waals surface area contributed by atoms with Crippen LogP contribution in [0.2, 0.25) is 0 Å². The summed E-state index contributed by atoms with van der Waals surface area (Å²) < 4.78 is 5.20. The minimum Gasteiger partial charge on any atom is -0.496 e. The molecule has 0 atom stereocenters. The predicted octanol–water partition coefficient (Wildman–Crippen LogP) is 3.15. The lowest BCUT2D eigenvalue weighted by Crippen LogP contribution is -2.15. The maximum Gasteiger partial charge on any atom is 0.237 e. The topological polar surface area (TPSA) is 63.6 Å². The van der Waals surface area contributed by atoms with E-state index in [0.717, 1.165) is 5.56 Å². The molecule has 114 valence electrons. The summed E-state index contributed by atoms with van der Waals surface area (Å²) in [7, 11) is 1.46. The van der Waals surface area contributed by atoms with E-state index in [-0.39, 0.29) is 17.7 Å². The van der Waals surface area contributed by atoms with Crippen molar-refractivity contribution < 1.29 is 19.4 Å². The lowest BCUT2D eigenvalue weighted by atomic mass is 9.99. The molecule has 0 aliphatic heterocycles. The van der Waals surface area contributed by atoms with Crippen LogP contribution in [0.15, 0.2) is 42.5 Å². The third-order valence-electron chi connectivity index (χ3n) is 3.27. The molecule has 2 aromatic rings. The number of hydrogen-bond acceptors (Lipinski definition) is 4. The fraction of sp³-hybridized carbons (Fsp3) is 0.176. The molecule has 2 aromatic carbocycles. The van der Waals surface area contributed by atoms with Crippen LogP contribution in [0.3, 0.4) is 0 Å². The molecule has 0 aromatic heterocycles. The molecule has 0 unspecified atom stereocenters. The van der Waals surface area contributed by atoms with E-state index in [9.17, 15) is 9.59 Å². The van der Waals surface area contributed by atoms with Gasteiger partial charge in [-0.05, 0) is 23.3 Å². The van der Waals surface area contributed by atoms with E-state index in [1.54, 1.807) is 30.3 Å². The van der Waals surface area contributed by atoms with Crippen molar-refractivity contribution in [3.8, 4) is 5.75 Å². The van der Waals surface area contributed by atoms with Crippen LogP contribution in [0, 0.1) is 0 Å². The van der Waals surface area contributed by atoms with E-state index in [2.05, 4.69) is 15.9 Å². The van der Waals surface area contributed by atoms with Gasteiger partial charge in [0, 0.05) is 10.9 Å². The number of alkyl halides is 1. The van der Waals surface area contributed by atoms with Crippen molar-refractivity contribution in [1.29, 1.82) is 0 Å². The third-order valence-corrected chi connectivity index (χ3v) is 3.92. The number of rotatable bonds is 6. The first-order chi connectivity index (χ1) is 10.6. The smallest absolute Gasteiger partial charge is 0.237 e. The Balaban J connectivity index is 2.32. The van der Waals surface area contributed by atoms with Crippen LogP contribution in [-0.4, -0.2) is 23.8 Å². The monoisotopic (exact) mass is 362 g/mol. The van der Waals surface area contributed by atoms with Crippen molar-refractivity contribution in [1.82, 2.24) is 0 Å². The zero-order chi connectivity index (χ0) is 16.1. The molecule has 2 rings (SSSR count). The number of aliphatic hydroxyl groups excluding tert-OH is 1. The number of hydrogen-bond donors (Lipinski definition) is 1. The molecule has 0 amide bonds. The first-order valence-corrected chi connectivity index (χ1v) is 7.74. The number of methoxy groups -OCH3 is 1. The van der Waals surface area contributed by atoms with Crippen molar-refractivity contribution in [2.75, 3.05) is 7.11 Å². The highest BCUT2D eigenvalue weighted by molar-refractivity contribution is 9.08. The number of carbonyl (C=O) groups excluding carboxylic acids is 2. The molecule has 5 heteroatoms.